The van der Waals surface area contributed by atoms with Gasteiger partial charge in [-0.25, -0.2) is 8.78 Å². The lowest BCUT2D eigenvalue weighted by Gasteiger charge is -2.51. The predicted molar refractivity (Wildman–Crippen MR) is 100 cm³/mol. The Morgan fingerprint density at radius 3 is 2.67 bits per heavy atom. The maximum Gasteiger partial charge on any atom is 0.224 e. The number of amides is 1. The molecule has 4 fully saturated rings. The Labute approximate surface area is 160 Å². The molecule has 2 bridgehead atoms. The summed E-state index contributed by atoms with van der Waals surface area (Å²) in [6.45, 7) is 6.22. The SMILES string of the molecule is CCN(C)CCC(=O)N1C[C@H](c2cccc(F)c2F)[C@@H]2[C@H]1C1CCN2CC1. The number of piperidine rings is 3. The van der Waals surface area contributed by atoms with Crippen LogP contribution in [0.15, 0.2) is 18.2 Å². The van der Waals surface area contributed by atoms with Crippen LogP contribution in [-0.4, -0.2) is 72.5 Å². The maximum absolute atomic E-state index is 14.6. The van der Waals surface area contributed by atoms with E-state index in [4.69, 9.17) is 0 Å². The second-order valence-electron chi connectivity index (χ2n) is 8.30. The van der Waals surface area contributed by atoms with Crippen LogP contribution in [0, 0.1) is 17.6 Å². The fraction of sp³-hybridized carbons (Fsp3) is 0.667. The fourth-order valence-electron chi connectivity index (χ4n) is 5.37. The van der Waals surface area contributed by atoms with Gasteiger partial charge in [0.1, 0.15) is 0 Å². The lowest BCUT2D eigenvalue weighted by Crippen LogP contribution is -2.60. The van der Waals surface area contributed by atoms with E-state index in [2.05, 4.69) is 16.7 Å². The van der Waals surface area contributed by atoms with Gasteiger partial charge in [-0.15, -0.1) is 0 Å². The summed E-state index contributed by atoms with van der Waals surface area (Å²) in [5.74, 6) is -1.06. The second-order valence-corrected chi connectivity index (χ2v) is 8.30. The van der Waals surface area contributed by atoms with Crippen LogP contribution in [0.1, 0.15) is 37.7 Å². The van der Waals surface area contributed by atoms with Crippen molar-refractivity contribution in [2.24, 2.45) is 5.92 Å². The first-order valence-corrected chi connectivity index (χ1v) is 10.2. The van der Waals surface area contributed by atoms with Crippen LogP contribution >= 0.6 is 0 Å². The molecule has 148 valence electrons. The number of hydrogen-bond acceptors (Lipinski definition) is 3. The Hall–Kier alpha value is -1.53. The maximum atomic E-state index is 14.6. The third kappa shape index (κ3) is 3.27. The molecule has 6 heteroatoms. The third-order valence-electron chi connectivity index (χ3n) is 6.94. The summed E-state index contributed by atoms with van der Waals surface area (Å²) in [7, 11) is 2.01. The van der Waals surface area contributed by atoms with Crippen LogP contribution in [0.2, 0.25) is 0 Å². The molecule has 3 atom stereocenters. The Morgan fingerprint density at radius 1 is 1.22 bits per heavy atom. The standard InChI is InChI=1S/C21H29F2N3O/c1-3-24(2)10-9-18(27)26-13-16(15-5-4-6-17(22)19(15)23)21-20(26)14-7-11-25(21)12-8-14/h4-6,14,16,20-21H,3,7-13H2,1-2H3/t16-,20-,21-/m1/s1. The molecular weight excluding hydrogens is 348 g/mol. The summed E-state index contributed by atoms with van der Waals surface area (Å²) < 4.78 is 28.5. The lowest BCUT2D eigenvalue weighted by atomic mass is 9.75. The van der Waals surface area contributed by atoms with Crippen LogP contribution < -0.4 is 0 Å². The summed E-state index contributed by atoms with van der Waals surface area (Å²) in [5.41, 5.74) is 0.429. The first-order chi connectivity index (χ1) is 13.0. The Balaban J connectivity index is 1.62. The topological polar surface area (TPSA) is 26.8 Å². The van der Waals surface area contributed by atoms with Crippen molar-refractivity contribution in [2.75, 3.05) is 39.8 Å². The largest absolute Gasteiger partial charge is 0.337 e. The molecule has 27 heavy (non-hydrogen) atoms. The minimum atomic E-state index is -0.797. The highest BCUT2D eigenvalue weighted by Crippen LogP contribution is 2.47. The van der Waals surface area contributed by atoms with Crippen molar-refractivity contribution in [3.05, 3.63) is 35.4 Å². The molecule has 0 aromatic heterocycles. The van der Waals surface area contributed by atoms with Gasteiger partial charge in [0.2, 0.25) is 5.91 Å². The highest BCUT2D eigenvalue weighted by Gasteiger charge is 2.54. The molecule has 0 unspecified atom stereocenters. The van der Waals surface area contributed by atoms with Crippen molar-refractivity contribution in [1.29, 1.82) is 0 Å². The number of carbonyl (C=O) groups is 1. The smallest absolute Gasteiger partial charge is 0.224 e. The molecule has 1 aromatic carbocycles. The van der Waals surface area contributed by atoms with Crippen molar-refractivity contribution in [2.45, 2.75) is 44.2 Å². The Morgan fingerprint density at radius 2 is 1.96 bits per heavy atom. The molecule has 4 aliphatic heterocycles. The van der Waals surface area contributed by atoms with Gasteiger partial charge >= 0.3 is 0 Å². The minimum Gasteiger partial charge on any atom is -0.337 e. The second kappa shape index (κ2) is 7.47. The van der Waals surface area contributed by atoms with Gasteiger partial charge in [0.25, 0.3) is 0 Å². The lowest BCUT2D eigenvalue weighted by molar-refractivity contribution is -0.136. The number of nitrogens with zero attached hydrogens (tertiary/aromatic N) is 3. The zero-order valence-electron chi connectivity index (χ0n) is 16.2. The van der Waals surface area contributed by atoms with E-state index < -0.39 is 11.6 Å². The predicted octanol–water partition coefficient (Wildman–Crippen LogP) is 2.70. The van der Waals surface area contributed by atoms with Crippen molar-refractivity contribution in [3.63, 3.8) is 0 Å². The quantitative estimate of drug-likeness (QED) is 0.789. The number of halogens is 2. The number of benzene rings is 1. The van der Waals surface area contributed by atoms with Gasteiger partial charge in [-0.1, -0.05) is 19.1 Å². The van der Waals surface area contributed by atoms with Crippen LogP contribution in [0.5, 0.6) is 0 Å². The molecule has 0 spiro atoms. The average Bonchev–Trinajstić information content (AvgIpc) is 3.11. The van der Waals surface area contributed by atoms with Gasteiger partial charge in [0.15, 0.2) is 11.6 Å². The van der Waals surface area contributed by atoms with Crippen LogP contribution in [0.4, 0.5) is 8.78 Å². The molecular formula is C21H29F2N3O. The molecule has 0 aliphatic carbocycles. The van der Waals surface area contributed by atoms with Gasteiger partial charge < -0.3 is 9.80 Å². The molecule has 0 saturated carbocycles. The van der Waals surface area contributed by atoms with E-state index in [0.29, 0.717) is 24.4 Å². The number of fused-ring (bicyclic) bond motifs is 2. The molecule has 0 N–H and O–H groups in total. The molecule has 4 heterocycles. The van der Waals surface area contributed by atoms with Crippen molar-refractivity contribution in [1.82, 2.24) is 14.7 Å². The van der Waals surface area contributed by atoms with Gasteiger partial charge in [-0.3, -0.25) is 9.69 Å². The molecule has 4 aliphatic rings. The summed E-state index contributed by atoms with van der Waals surface area (Å²) in [4.78, 5) is 19.6. The van der Waals surface area contributed by atoms with E-state index >= 15 is 0 Å². The van der Waals surface area contributed by atoms with Crippen molar-refractivity contribution < 1.29 is 13.6 Å². The first kappa shape index (κ1) is 18.8. The molecule has 4 nitrogen and oxygen atoms in total. The summed E-state index contributed by atoms with van der Waals surface area (Å²) >= 11 is 0. The van der Waals surface area contributed by atoms with E-state index in [1.165, 1.54) is 6.07 Å². The number of carbonyl (C=O) groups excluding carboxylic acids is 1. The Bertz CT molecular complexity index is 705. The van der Waals surface area contributed by atoms with Crippen molar-refractivity contribution >= 4 is 5.91 Å². The average molecular weight is 377 g/mol. The highest BCUT2D eigenvalue weighted by molar-refractivity contribution is 5.77. The fourth-order valence-corrected chi connectivity index (χ4v) is 5.37. The Kier molecular flexibility index (Phi) is 5.21. The summed E-state index contributed by atoms with van der Waals surface area (Å²) in [6, 6.07) is 4.70. The van der Waals surface area contributed by atoms with E-state index in [1.54, 1.807) is 12.1 Å². The molecule has 4 saturated heterocycles. The molecule has 5 rings (SSSR count). The number of hydrogen-bond donors (Lipinski definition) is 0. The number of likely N-dealkylation sites (tertiary alicyclic amines) is 1. The first-order valence-electron chi connectivity index (χ1n) is 10.2. The van der Waals surface area contributed by atoms with E-state index in [-0.39, 0.29) is 23.9 Å². The highest BCUT2D eigenvalue weighted by atomic mass is 19.2. The monoisotopic (exact) mass is 377 g/mol. The molecule has 1 aromatic rings. The van der Waals surface area contributed by atoms with E-state index in [1.807, 2.05) is 11.9 Å². The van der Waals surface area contributed by atoms with Gasteiger partial charge in [-0.2, -0.15) is 0 Å². The van der Waals surface area contributed by atoms with Gasteiger partial charge in [0.05, 0.1) is 6.04 Å². The van der Waals surface area contributed by atoms with Crippen molar-refractivity contribution in [3.8, 4) is 0 Å². The zero-order chi connectivity index (χ0) is 19.1. The molecule has 1 amide bonds. The van der Waals surface area contributed by atoms with E-state index in [9.17, 15) is 13.6 Å². The third-order valence-corrected chi connectivity index (χ3v) is 6.94. The summed E-state index contributed by atoms with van der Waals surface area (Å²) in [6.07, 6.45) is 2.68. The zero-order valence-corrected chi connectivity index (χ0v) is 16.2. The normalized spacial score (nSPS) is 32.2. The summed E-state index contributed by atoms with van der Waals surface area (Å²) in [5, 5.41) is 0. The van der Waals surface area contributed by atoms with Crippen LogP contribution in [-0.2, 0) is 4.79 Å². The van der Waals surface area contributed by atoms with Gasteiger partial charge in [-0.05, 0) is 57.1 Å². The van der Waals surface area contributed by atoms with E-state index in [0.717, 1.165) is 39.0 Å². The number of rotatable bonds is 5. The minimum absolute atomic E-state index is 0.113. The van der Waals surface area contributed by atoms with Gasteiger partial charge in [0, 0.05) is 31.5 Å². The molecule has 0 radical (unpaired) electrons. The van der Waals surface area contributed by atoms with Crippen LogP contribution in [0.25, 0.3) is 0 Å². The van der Waals surface area contributed by atoms with Crippen LogP contribution in [0.3, 0.4) is 0 Å².